The van der Waals surface area contributed by atoms with Crippen molar-refractivity contribution in [1.29, 1.82) is 0 Å². The molecule has 1 aromatic carbocycles. The Morgan fingerprint density at radius 3 is 2.82 bits per heavy atom. The van der Waals surface area contributed by atoms with Crippen molar-refractivity contribution in [3.8, 4) is 0 Å². The average Bonchev–Trinajstić information content (AvgIpc) is 3.38. The summed E-state index contributed by atoms with van der Waals surface area (Å²) < 4.78 is 5.17. The van der Waals surface area contributed by atoms with E-state index in [1.807, 2.05) is 24.4 Å². The number of amides is 2. The van der Waals surface area contributed by atoms with Gasteiger partial charge in [0.05, 0.1) is 6.26 Å². The maximum Gasteiger partial charge on any atom is 0.289 e. The largest absolute Gasteiger partial charge is 0.459 e. The van der Waals surface area contributed by atoms with Crippen LogP contribution in [0.4, 0.5) is 0 Å². The number of hydrogen-bond acceptors (Lipinski definition) is 3. The van der Waals surface area contributed by atoms with E-state index in [-0.39, 0.29) is 17.7 Å². The molecule has 146 valence electrons. The first-order chi connectivity index (χ1) is 13.6. The molecule has 1 aliphatic heterocycles. The number of carbonyl (C=O) groups excluding carboxylic acids is 2. The van der Waals surface area contributed by atoms with Crippen LogP contribution in [-0.4, -0.2) is 41.3 Å². The topological polar surface area (TPSA) is 78.3 Å². The van der Waals surface area contributed by atoms with Gasteiger partial charge in [-0.1, -0.05) is 11.6 Å². The third-order valence-corrected chi connectivity index (χ3v) is 5.54. The minimum Gasteiger partial charge on any atom is -0.459 e. The van der Waals surface area contributed by atoms with Crippen LogP contribution in [-0.2, 0) is 11.2 Å². The Balaban J connectivity index is 1.26. The highest BCUT2D eigenvalue weighted by atomic mass is 35.5. The molecule has 6 nitrogen and oxygen atoms in total. The summed E-state index contributed by atoms with van der Waals surface area (Å²) in [6, 6.07) is 9.12. The standard InChI is InChI=1S/C21H22ClN3O3/c22-16-3-4-18-17(12-16)15(13-24-18)5-8-23-20(26)14-6-9-25(10-7-14)21(27)19-2-1-11-28-19/h1-4,11-14,24H,5-10H2,(H,23,26). The van der Waals surface area contributed by atoms with E-state index in [2.05, 4.69) is 10.3 Å². The van der Waals surface area contributed by atoms with E-state index in [1.165, 1.54) is 6.26 Å². The summed E-state index contributed by atoms with van der Waals surface area (Å²) in [6.07, 6.45) is 5.53. The third-order valence-electron chi connectivity index (χ3n) is 5.31. The summed E-state index contributed by atoms with van der Waals surface area (Å²) >= 11 is 6.08. The van der Waals surface area contributed by atoms with Gasteiger partial charge in [0, 0.05) is 47.7 Å². The number of furan rings is 1. The van der Waals surface area contributed by atoms with E-state index in [9.17, 15) is 9.59 Å². The quantitative estimate of drug-likeness (QED) is 0.687. The van der Waals surface area contributed by atoms with E-state index in [4.69, 9.17) is 16.0 Å². The van der Waals surface area contributed by atoms with Crippen LogP contribution in [0, 0.1) is 5.92 Å². The number of fused-ring (bicyclic) bond motifs is 1. The Kier molecular flexibility index (Phi) is 5.39. The Hall–Kier alpha value is -2.73. The highest BCUT2D eigenvalue weighted by Gasteiger charge is 2.28. The van der Waals surface area contributed by atoms with E-state index >= 15 is 0 Å². The summed E-state index contributed by atoms with van der Waals surface area (Å²) in [7, 11) is 0. The maximum absolute atomic E-state index is 12.5. The monoisotopic (exact) mass is 399 g/mol. The first kappa shape index (κ1) is 18.6. The van der Waals surface area contributed by atoms with Crippen molar-refractivity contribution < 1.29 is 14.0 Å². The van der Waals surface area contributed by atoms with Crippen LogP contribution >= 0.6 is 11.6 Å². The minimum absolute atomic E-state index is 0.0573. The van der Waals surface area contributed by atoms with Crippen LogP contribution < -0.4 is 5.32 Å². The SMILES string of the molecule is O=C(NCCc1c[nH]c2ccc(Cl)cc12)C1CCN(C(=O)c2ccco2)CC1. The predicted molar refractivity (Wildman–Crippen MR) is 107 cm³/mol. The van der Waals surface area contributed by atoms with Gasteiger partial charge in [-0.3, -0.25) is 9.59 Å². The van der Waals surface area contributed by atoms with Crippen LogP contribution in [0.5, 0.6) is 0 Å². The summed E-state index contributed by atoms with van der Waals surface area (Å²) in [5, 5.41) is 4.83. The summed E-state index contributed by atoms with van der Waals surface area (Å²) in [4.78, 5) is 29.8. The highest BCUT2D eigenvalue weighted by molar-refractivity contribution is 6.31. The molecule has 4 rings (SSSR count). The lowest BCUT2D eigenvalue weighted by Crippen LogP contribution is -2.43. The van der Waals surface area contributed by atoms with Crippen molar-refractivity contribution in [3.05, 3.63) is 59.1 Å². The molecule has 0 bridgehead atoms. The molecule has 2 aromatic heterocycles. The van der Waals surface area contributed by atoms with Crippen molar-refractivity contribution in [2.24, 2.45) is 5.92 Å². The van der Waals surface area contributed by atoms with Gasteiger partial charge >= 0.3 is 0 Å². The number of nitrogens with zero attached hydrogens (tertiary/aromatic N) is 1. The van der Waals surface area contributed by atoms with Gasteiger partial charge in [0.25, 0.3) is 5.91 Å². The Labute approximate surface area is 167 Å². The summed E-state index contributed by atoms with van der Waals surface area (Å²) in [5.74, 6) is 0.240. The molecule has 7 heteroatoms. The highest BCUT2D eigenvalue weighted by Crippen LogP contribution is 2.23. The molecule has 0 aliphatic carbocycles. The number of nitrogens with one attached hydrogen (secondary N) is 2. The zero-order chi connectivity index (χ0) is 19.5. The second kappa shape index (κ2) is 8.10. The molecule has 0 saturated carbocycles. The number of benzene rings is 1. The fraction of sp³-hybridized carbons (Fsp3) is 0.333. The van der Waals surface area contributed by atoms with E-state index in [0.717, 1.165) is 22.9 Å². The van der Waals surface area contributed by atoms with Crippen molar-refractivity contribution in [1.82, 2.24) is 15.2 Å². The lowest BCUT2D eigenvalue weighted by Gasteiger charge is -2.30. The number of likely N-dealkylation sites (tertiary alicyclic amines) is 1. The first-order valence-corrected chi connectivity index (χ1v) is 9.85. The molecule has 1 fully saturated rings. The number of halogens is 1. The number of rotatable bonds is 5. The number of H-pyrrole nitrogens is 1. The van der Waals surface area contributed by atoms with Crippen molar-refractivity contribution in [2.45, 2.75) is 19.3 Å². The minimum atomic E-state index is -0.109. The van der Waals surface area contributed by atoms with E-state index < -0.39 is 0 Å². The number of aromatic amines is 1. The van der Waals surface area contributed by atoms with E-state index in [0.29, 0.717) is 43.3 Å². The lowest BCUT2D eigenvalue weighted by molar-refractivity contribution is -0.126. The van der Waals surface area contributed by atoms with Crippen LogP contribution in [0.2, 0.25) is 5.02 Å². The summed E-state index contributed by atoms with van der Waals surface area (Å²) in [5.41, 5.74) is 2.18. The smallest absolute Gasteiger partial charge is 0.289 e. The predicted octanol–water partition coefficient (Wildman–Crippen LogP) is 3.63. The van der Waals surface area contributed by atoms with Gasteiger partial charge in [-0.2, -0.15) is 0 Å². The van der Waals surface area contributed by atoms with Gasteiger partial charge in [0.1, 0.15) is 0 Å². The Morgan fingerprint density at radius 1 is 1.25 bits per heavy atom. The number of carbonyl (C=O) groups is 2. The fourth-order valence-corrected chi connectivity index (χ4v) is 3.90. The van der Waals surface area contributed by atoms with Crippen molar-refractivity contribution >= 4 is 34.3 Å². The normalized spacial score (nSPS) is 15.1. The molecule has 0 spiro atoms. The van der Waals surface area contributed by atoms with E-state index in [1.54, 1.807) is 17.0 Å². The van der Waals surface area contributed by atoms with Crippen molar-refractivity contribution in [3.63, 3.8) is 0 Å². The van der Waals surface area contributed by atoms with Gasteiger partial charge in [0.2, 0.25) is 5.91 Å². The fourth-order valence-electron chi connectivity index (χ4n) is 3.72. The molecule has 2 N–H and O–H groups in total. The van der Waals surface area contributed by atoms with Gasteiger partial charge in [-0.25, -0.2) is 0 Å². The molecule has 3 aromatic rings. The lowest BCUT2D eigenvalue weighted by atomic mass is 9.95. The van der Waals surface area contributed by atoms with Crippen LogP contribution in [0.1, 0.15) is 29.0 Å². The van der Waals surface area contributed by atoms with Gasteiger partial charge < -0.3 is 19.6 Å². The molecule has 28 heavy (non-hydrogen) atoms. The molecular weight excluding hydrogens is 378 g/mol. The molecule has 0 unspecified atom stereocenters. The zero-order valence-electron chi connectivity index (χ0n) is 15.4. The van der Waals surface area contributed by atoms with Crippen LogP contribution in [0.25, 0.3) is 10.9 Å². The van der Waals surface area contributed by atoms with Gasteiger partial charge in [0.15, 0.2) is 5.76 Å². The first-order valence-electron chi connectivity index (χ1n) is 9.48. The Bertz CT molecular complexity index is 972. The van der Waals surface area contributed by atoms with Crippen LogP contribution in [0.15, 0.2) is 47.2 Å². The third kappa shape index (κ3) is 3.92. The molecule has 0 radical (unpaired) electrons. The summed E-state index contributed by atoms with van der Waals surface area (Å²) in [6.45, 7) is 1.71. The number of hydrogen-bond donors (Lipinski definition) is 2. The maximum atomic E-state index is 12.5. The van der Waals surface area contributed by atoms with Crippen molar-refractivity contribution in [2.75, 3.05) is 19.6 Å². The number of piperidine rings is 1. The zero-order valence-corrected chi connectivity index (χ0v) is 16.2. The molecule has 2 amide bonds. The molecular formula is C21H22ClN3O3. The average molecular weight is 400 g/mol. The molecule has 1 saturated heterocycles. The van der Waals surface area contributed by atoms with Gasteiger partial charge in [-0.05, 0) is 55.2 Å². The molecule has 0 atom stereocenters. The molecule has 1 aliphatic rings. The van der Waals surface area contributed by atoms with Gasteiger partial charge in [-0.15, -0.1) is 0 Å². The molecule has 3 heterocycles. The Morgan fingerprint density at radius 2 is 2.07 bits per heavy atom. The second-order valence-electron chi connectivity index (χ2n) is 7.09. The van der Waals surface area contributed by atoms with Crippen LogP contribution in [0.3, 0.4) is 0 Å². The second-order valence-corrected chi connectivity index (χ2v) is 7.53. The number of aromatic nitrogens is 1.